The second-order valence-electron chi connectivity index (χ2n) is 7.28. The van der Waals surface area contributed by atoms with E-state index in [0.29, 0.717) is 5.75 Å². The van der Waals surface area contributed by atoms with Crippen molar-refractivity contribution >= 4 is 15.8 Å². The number of aryl methyl sites for hydroxylation is 1. The van der Waals surface area contributed by atoms with Crippen LogP contribution < -0.4 is 4.74 Å². The zero-order valence-corrected chi connectivity index (χ0v) is 16.3. The van der Waals surface area contributed by atoms with Crippen molar-refractivity contribution < 1.29 is 23.1 Å². The van der Waals surface area contributed by atoms with E-state index < -0.39 is 20.6 Å². The second-order valence-corrected chi connectivity index (χ2v) is 10.1. The highest BCUT2D eigenvalue weighted by molar-refractivity contribution is 7.92. The first-order chi connectivity index (χ1) is 11.6. The van der Waals surface area contributed by atoms with Gasteiger partial charge >= 0.3 is 5.97 Å². The molecule has 1 aromatic carbocycles. The topological polar surface area (TPSA) is 80.7 Å². The highest BCUT2D eigenvalue weighted by Gasteiger charge is 2.27. The predicted molar refractivity (Wildman–Crippen MR) is 99.9 cm³/mol. The van der Waals surface area contributed by atoms with Crippen LogP contribution in [0.1, 0.15) is 58.4 Å². The molecular formula is C19H30O5S. The Morgan fingerprint density at radius 1 is 1.08 bits per heavy atom. The summed E-state index contributed by atoms with van der Waals surface area (Å²) in [7, 11) is -3.01. The Morgan fingerprint density at radius 3 is 2.36 bits per heavy atom. The van der Waals surface area contributed by atoms with Crippen LogP contribution in [0.2, 0.25) is 0 Å². The van der Waals surface area contributed by atoms with Gasteiger partial charge in [0, 0.05) is 0 Å². The number of ether oxygens (including phenoxy) is 1. The quantitative estimate of drug-likeness (QED) is 0.598. The number of hydrogen-bond acceptors (Lipinski definition) is 4. The number of rotatable bonds is 11. The van der Waals surface area contributed by atoms with Gasteiger partial charge in [0.15, 0.2) is 16.4 Å². The fourth-order valence-electron chi connectivity index (χ4n) is 2.39. The first-order valence-electron chi connectivity index (χ1n) is 8.78. The summed E-state index contributed by atoms with van der Waals surface area (Å²) in [6.07, 6.45) is 5.65. The maximum absolute atomic E-state index is 12.0. The van der Waals surface area contributed by atoms with Crippen LogP contribution in [-0.4, -0.2) is 36.6 Å². The average molecular weight is 371 g/mol. The molecule has 1 rings (SSSR count). The van der Waals surface area contributed by atoms with Crippen molar-refractivity contribution in [1.82, 2.24) is 0 Å². The van der Waals surface area contributed by atoms with E-state index in [9.17, 15) is 13.2 Å². The minimum absolute atomic E-state index is 0.263. The number of unbranched alkanes of at least 4 members (excludes halogenated alkanes) is 4. The molecule has 0 aliphatic carbocycles. The third kappa shape index (κ3) is 8.38. The lowest BCUT2D eigenvalue weighted by Crippen LogP contribution is -2.30. The van der Waals surface area contributed by atoms with Gasteiger partial charge in [-0.1, -0.05) is 31.4 Å². The Hall–Kier alpha value is -1.56. The van der Waals surface area contributed by atoms with E-state index >= 15 is 0 Å². The summed E-state index contributed by atoms with van der Waals surface area (Å²) in [4.78, 5) is 10.5. The maximum atomic E-state index is 12.0. The first kappa shape index (κ1) is 21.5. The summed E-state index contributed by atoms with van der Waals surface area (Å²) in [6.45, 7) is 4.91. The molecule has 1 N–H and O–H groups in total. The average Bonchev–Trinajstić information content (AvgIpc) is 2.51. The number of carboxylic acids is 1. The molecule has 6 heteroatoms. The van der Waals surface area contributed by atoms with E-state index in [2.05, 4.69) is 0 Å². The molecule has 0 saturated carbocycles. The molecule has 0 atom stereocenters. The van der Waals surface area contributed by atoms with Gasteiger partial charge < -0.3 is 9.84 Å². The lowest BCUT2D eigenvalue weighted by Gasteiger charge is -2.18. The van der Waals surface area contributed by atoms with Gasteiger partial charge in [-0.25, -0.2) is 13.2 Å². The van der Waals surface area contributed by atoms with Crippen molar-refractivity contribution in [3.8, 4) is 5.75 Å². The van der Waals surface area contributed by atoms with Gasteiger partial charge in [0.25, 0.3) is 0 Å². The Balaban J connectivity index is 2.22. The van der Waals surface area contributed by atoms with Crippen molar-refractivity contribution in [2.45, 2.75) is 64.0 Å². The van der Waals surface area contributed by atoms with E-state index in [1.54, 1.807) is 26.8 Å². The summed E-state index contributed by atoms with van der Waals surface area (Å²) < 4.78 is 28.5. The zero-order chi connectivity index (χ0) is 18.9. The lowest BCUT2D eigenvalue weighted by molar-refractivity contribution is -0.139. The van der Waals surface area contributed by atoms with Gasteiger partial charge in [0.05, 0.1) is 10.5 Å². The van der Waals surface area contributed by atoms with Gasteiger partial charge in [-0.15, -0.1) is 0 Å². The van der Waals surface area contributed by atoms with Crippen molar-refractivity contribution in [1.29, 1.82) is 0 Å². The molecule has 0 bridgehead atoms. The summed E-state index contributed by atoms with van der Waals surface area (Å²) in [6, 6.07) is 7.49. The van der Waals surface area contributed by atoms with Crippen LogP contribution >= 0.6 is 0 Å². The SMILES string of the molecule is CC(C)(C)S(=O)(=O)CCCCCCCc1cccc(OCC(=O)O)c1. The maximum Gasteiger partial charge on any atom is 0.341 e. The third-order valence-electron chi connectivity index (χ3n) is 4.07. The molecule has 25 heavy (non-hydrogen) atoms. The molecule has 5 nitrogen and oxygen atoms in total. The molecule has 0 aromatic heterocycles. The van der Waals surface area contributed by atoms with E-state index in [1.165, 1.54) is 0 Å². The van der Waals surface area contributed by atoms with E-state index in [1.807, 2.05) is 18.2 Å². The number of carbonyl (C=O) groups is 1. The van der Waals surface area contributed by atoms with Crippen LogP contribution in [0.25, 0.3) is 0 Å². The summed E-state index contributed by atoms with van der Waals surface area (Å²) >= 11 is 0. The van der Waals surface area contributed by atoms with E-state index in [0.717, 1.165) is 44.1 Å². The number of benzene rings is 1. The largest absolute Gasteiger partial charge is 0.482 e. The molecule has 0 amide bonds. The molecule has 0 aliphatic rings. The molecule has 1 aromatic rings. The number of aliphatic carboxylic acids is 1. The van der Waals surface area contributed by atoms with Gasteiger partial charge in [0.2, 0.25) is 0 Å². The van der Waals surface area contributed by atoms with Crippen molar-refractivity contribution in [2.75, 3.05) is 12.4 Å². The van der Waals surface area contributed by atoms with Crippen LogP contribution in [0.5, 0.6) is 5.75 Å². The molecular weight excluding hydrogens is 340 g/mol. The highest BCUT2D eigenvalue weighted by atomic mass is 32.2. The fraction of sp³-hybridized carbons (Fsp3) is 0.632. The van der Waals surface area contributed by atoms with Crippen LogP contribution in [0.4, 0.5) is 0 Å². The number of carboxylic acid groups (broad SMARTS) is 1. The van der Waals surface area contributed by atoms with Gasteiger partial charge in [-0.05, 0) is 57.7 Å². The molecule has 0 fully saturated rings. The number of sulfone groups is 1. The first-order valence-corrected chi connectivity index (χ1v) is 10.4. The Bertz CT molecular complexity index is 644. The molecule has 0 saturated heterocycles. The fourth-order valence-corrected chi connectivity index (χ4v) is 3.59. The molecule has 0 radical (unpaired) electrons. The Labute approximate surface area is 151 Å². The van der Waals surface area contributed by atoms with Crippen molar-refractivity contribution in [2.24, 2.45) is 0 Å². The normalized spacial score (nSPS) is 12.1. The second kappa shape index (κ2) is 9.80. The van der Waals surface area contributed by atoms with Gasteiger partial charge in [0.1, 0.15) is 5.75 Å². The van der Waals surface area contributed by atoms with Crippen molar-refractivity contribution in [3.05, 3.63) is 29.8 Å². The standard InChI is InChI=1S/C19H30O5S/c1-19(2,3)25(22,23)13-8-6-4-5-7-10-16-11-9-12-17(14-16)24-15-18(20)21/h9,11-12,14H,4-8,10,13,15H2,1-3H3,(H,20,21). The highest BCUT2D eigenvalue weighted by Crippen LogP contribution is 2.19. The van der Waals surface area contributed by atoms with Crippen LogP contribution in [0.3, 0.4) is 0 Å². The van der Waals surface area contributed by atoms with Crippen LogP contribution in [0, 0.1) is 0 Å². The van der Waals surface area contributed by atoms with E-state index in [-0.39, 0.29) is 12.4 Å². The van der Waals surface area contributed by atoms with Crippen molar-refractivity contribution in [3.63, 3.8) is 0 Å². The molecule has 0 unspecified atom stereocenters. The van der Waals surface area contributed by atoms with Gasteiger partial charge in [-0.3, -0.25) is 0 Å². The molecule has 0 heterocycles. The zero-order valence-electron chi connectivity index (χ0n) is 15.5. The minimum Gasteiger partial charge on any atom is -0.482 e. The summed E-state index contributed by atoms with van der Waals surface area (Å²) in [5, 5.41) is 8.62. The third-order valence-corrected chi connectivity index (χ3v) is 6.76. The Morgan fingerprint density at radius 2 is 1.72 bits per heavy atom. The smallest absolute Gasteiger partial charge is 0.341 e. The lowest BCUT2D eigenvalue weighted by atomic mass is 10.1. The Kier molecular flexibility index (Phi) is 8.42. The number of hydrogen-bond donors (Lipinski definition) is 1. The summed E-state index contributed by atoms with van der Waals surface area (Å²) in [5.41, 5.74) is 1.12. The monoisotopic (exact) mass is 370 g/mol. The van der Waals surface area contributed by atoms with Crippen LogP contribution in [0.15, 0.2) is 24.3 Å². The predicted octanol–water partition coefficient (Wildman–Crippen LogP) is 3.86. The van der Waals surface area contributed by atoms with Gasteiger partial charge in [-0.2, -0.15) is 0 Å². The van der Waals surface area contributed by atoms with E-state index in [4.69, 9.17) is 9.84 Å². The van der Waals surface area contributed by atoms with Crippen LogP contribution in [-0.2, 0) is 21.1 Å². The molecule has 142 valence electrons. The summed E-state index contributed by atoms with van der Waals surface area (Å²) in [5.74, 6) is -0.148. The minimum atomic E-state index is -3.01. The molecule has 0 aliphatic heterocycles. The molecule has 0 spiro atoms.